The van der Waals surface area contributed by atoms with E-state index in [1.165, 1.54) is 58.8 Å². The Kier molecular flexibility index (Phi) is 7.24. The molecule has 57 heavy (non-hydrogen) atoms. The Morgan fingerprint density at radius 2 is 1.19 bits per heavy atom. The van der Waals surface area contributed by atoms with Crippen molar-refractivity contribution in [3.8, 4) is 16.8 Å². The number of nitrogens with zero attached hydrogens (tertiary/aromatic N) is 2. The van der Waals surface area contributed by atoms with Gasteiger partial charge in [0.05, 0.1) is 16.7 Å². The first-order valence-corrected chi connectivity index (χ1v) is 20.2. The van der Waals surface area contributed by atoms with Crippen molar-refractivity contribution < 1.29 is 4.42 Å². The van der Waals surface area contributed by atoms with Crippen molar-refractivity contribution in [2.75, 3.05) is 0 Å². The summed E-state index contributed by atoms with van der Waals surface area (Å²) in [7, 11) is 0. The summed E-state index contributed by atoms with van der Waals surface area (Å²) in [4.78, 5) is 5.19. The molecule has 0 bridgehead atoms. The number of hydrogen-bond donors (Lipinski definition) is 2. The number of para-hydroxylation sites is 2. The van der Waals surface area contributed by atoms with Crippen LogP contribution < -0.4 is 10.6 Å². The van der Waals surface area contributed by atoms with Crippen molar-refractivity contribution in [3.63, 3.8) is 0 Å². The molecular formula is C51H34N4OS. The highest BCUT2D eigenvalue weighted by molar-refractivity contribution is 7.26. The van der Waals surface area contributed by atoms with Gasteiger partial charge in [-0.1, -0.05) is 140 Å². The van der Waals surface area contributed by atoms with Crippen molar-refractivity contribution in [2.24, 2.45) is 4.99 Å². The summed E-state index contributed by atoms with van der Waals surface area (Å²) >= 11 is 1.87. The first-order chi connectivity index (χ1) is 28.3. The summed E-state index contributed by atoms with van der Waals surface area (Å²) in [6, 6.07) is 64.8. The maximum absolute atomic E-state index is 6.69. The van der Waals surface area contributed by atoms with Crippen molar-refractivity contribution in [1.82, 2.24) is 15.2 Å². The molecule has 3 aromatic heterocycles. The Labute approximate surface area is 332 Å². The zero-order chi connectivity index (χ0) is 37.5. The molecule has 0 saturated carbocycles. The lowest BCUT2D eigenvalue weighted by atomic mass is 9.97. The SMILES string of the molecule is c1ccc(C2N=C(c3ccc4c(c3)oc3cccc(-c5cccc6c5sc5cccc(-n7c8ccccc8c8ccccc87)c56)c34)NC(c3ccccc3)N2)cc1. The Morgan fingerprint density at radius 1 is 0.526 bits per heavy atom. The average molecular weight is 751 g/mol. The van der Waals surface area contributed by atoms with Crippen LogP contribution in [0.2, 0.25) is 0 Å². The van der Waals surface area contributed by atoms with Gasteiger partial charge in [0.2, 0.25) is 0 Å². The third-order valence-corrected chi connectivity index (χ3v) is 12.7. The second-order valence-corrected chi connectivity index (χ2v) is 15.8. The van der Waals surface area contributed by atoms with Crippen molar-refractivity contribution in [2.45, 2.75) is 12.3 Å². The molecule has 5 nitrogen and oxygen atoms in total. The van der Waals surface area contributed by atoms with E-state index in [2.05, 4.69) is 185 Å². The van der Waals surface area contributed by atoms with E-state index in [0.29, 0.717) is 0 Å². The summed E-state index contributed by atoms with van der Waals surface area (Å²) < 4.78 is 11.7. The predicted octanol–water partition coefficient (Wildman–Crippen LogP) is 13.1. The Hall–Kier alpha value is -6.99. The van der Waals surface area contributed by atoms with Gasteiger partial charge in [0.15, 0.2) is 0 Å². The van der Waals surface area contributed by atoms with E-state index in [0.717, 1.165) is 44.5 Å². The molecular weight excluding hydrogens is 717 g/mol. The van der Waals surface area contributed by atoms with Gasteiger partial charge in [0.1, 0.15) is 29.3 Å². The maximum atomic E-state index is 6.69. The lowest BCUT2D eigenvalue weighted by molar-refractivity contribution is 0.409. The van der Waals surface area contributed by atoms with Crippen LogP contribution in [0.15, 0.2) is 191 Å². The highest BCUT2D eigenvalue weighted by Gasteiger charge is 2.26. The van der Waals surface area contributed by atoms with Gasteiger partial charge in [-0.3, -0.25) is 5.32 Å². The third kappa shape index (κ3) is 5.08. The second kappa shape index (κ2) is 12.8. The normalized spacial score (nSPS) is 15.9. The van der Waals surface area contributed by atoms with Gasteiger partial charge in [-0.25, -0.2) is 4.99 Å². The number of fused-ring (bicyclic) bond motifs is 9. The van der Waals surface area contributed by atoms with Gasteiger partial charge in [-0.2, -0.15) is 0 Å². The van der Waals surface area contributed by atoms with Crippen molar-refractivity contribution in [1.29, 1.82) is 0 Å². The monoisotopic (exact) mass is 750 g/mol. The topological polar surface area (TPSA) is 54.5 Å². The fraction of sp³-hybridized carbons (Fsp3) is 0.0392. The summed E-state index contributed by atoms with van der Waals surface area (Å²) in [6.45, 7) is 0. The van der Waals surface area contributed by atoms with E-state index < -0.39 is 0 Å². The molecule has 2 atom stereocenters. The van der Waals surface area contributed by atoms with Gasteiger partial charge in [0, 0.05) is 52.8 Å². The van der Waals surface area contributed by atoms with Gasteiger partial charge in [-0.05, 0) is 59.2 Å². The molecule has 6 heteroatoms. The number of amidine groups is 1. The van der Waals surface area contributed by atoms with E-state index in [9.17, 15) is 0 Å². The number of furan rings is 1. The predicted molar refractivity (Wildman–Crippen MR) is 238 cm³/mol. The van der Waals surface area contributed by atoms with Crippen LogP contribution >= 0.6 is 11.3 Å². The number of nitrogens with one attached hydrogen (secondary N) is 2. The lowest BCUT2D eigenvalue weighted by Crippen LogP contribution is -2.44. The van der Waals surface area contributed by atoms with E-state index in [-0.39, 0.29) is 12.3 Å². The molecule has 0 amide bonds. The first-order valence-electron chi connectivity index (χ1n) is 19.4. The molecule has 12 rings (SSSR count). The molecule has 0 radical (unpaired) electrons. The minimum Gasteiger partial charge on any atom is -0.456 e. The Bertz CT molecular complexity index is 3320. The van der Waals surface area contributed by atoms with E-state index in [1.807, 2.05) is 23.5 Å². The number of benzene rings is 8. The number of aromatic nitrogens is 1. The van der Waals surface area contributed by atoms with Crippen LogP contribution in [0.5, 0.6) is 0 Å². The van der Waals surface area contributed by atoms with Crippen LogP contribution in [0.25, 0.3) is 80.7 Å². The molecule has 11 aromatic rings. The number of rotatable bonds is 5. The largest absolute Gasteiger partial charge is 0.456 e. The smallest absolute Gasteiger partial charge is 0.136 e. The molecule has 270 valence electrons. The van der Waals surface area contributed by atoms with E-state index in [1.54, 1.807) is 0 Å². The average Bonchev–Trinajstić information content (AvgIpc) is 3.96. The summed E-state index contributed by atoms with van der Waals surface area (Å²) in [6.07, 6.45) is -0.318. The molecule has 1 aliphatic rings. The number of aliphatic imine (C=N–C) groups is 1. The highest BCUT2D eigenvalue weighted by Crippen LogP contribution is 2.46. The fourth-order valence-corrected chi connectivity index (χ4v) is 10.2. The van der Waals surface area contributed by atoms with Gasteiger partial charge in [0.25, 0.3) is 0 Å². The van der Waals surface area contributed by atoms with Crippen LogP contribution in [0.1, 0.15) is 29.0 Å². The molecule has 0 aliphatic carbocycles. The summed E-state index contributed by atoms with van der Waals surface area (Å²) in [5.41, 5.74) is 11.0. The Balaban J connectivity index is 1.01. The fourth-order valence-electron chi connectivity index (χ4n) is 8.94. The Morgan fingerprint density at radius 3 is 1.98 bits per heavy atom. The van der Waals surface area contributed by atoms with Gasteiger partial charge < -0.3 is 14.3 Å². The lowest BCUT2D eigenvalue weighted by Gasteiger charge is -2.32. The highest BCUT2D eigenvalue weighted by atomic mass is 32.1. The minimum atomic E-state index is -0.206. The van der Waals surface area contributed by atoms with E-state index in [4.69, 9.17) is 9.41 Å². The molecule has 0 saturated heterocycles. The third-order valence-electron chi connectivity index (χ3n) is 11.5. The standard InChI is InChI=1S/C51H34N4OS/c1-3-14-31(15-4-1)49-52-50(32-16-5-2-6-17-32)54-51(53-49)33-28-29-38-44(30-33)56-43-26-12-20-36(46(38)43)37-21-11-22-39-47-42(25-13-27-45(47)57-48(37)39)55-40-23-9-7-18-34(40)35-19-8-10-24-41(35)55/h1-30,49-50,52H,(H,53,54). The second-order valence-electron chi connectivity index (χ2n) is 14.7. The van der Waals surface area contributed by atoms with Crippen molar-refractivity contribution >= 4 is 81.1 Å². The quantitative estimate of drug-likeness (QED) is 0.184. The number of hydrogen-bond acceptors (Lipinski definition) is 5. The minimum absolute atomic E-state index is 0.112. The summed E-state index contributed by atoms with van der Waals surface area (Å²) in [5.74, 6) is 0.827. The maximum Gasteiger partial charge on any atom is 0.136 e. The first kappa shape index (κ1) is 32.3. The molecule has 1 aliphatic heterocycles. The molecule has 8 aromatic carbocycles. The van der Waals surface area contributed by atoms with Crippen LogP contribution in [-0.2, 0) is 0 Å². The zero-order valence-electron chi connectivity index (χ0n) is 30.7. The number of thiophene rings is 1. The van der Waals surface area contributed by atoms with Crippen LogP contribution in [0, 0.1) is 0 Å². The van der Waals surface area contributed by atoms with Gasteiger partial charge in [-0.15, -0.1) is 11.3 Å². The molecule has 0 spiro atoms. The van der Waals surface area contributed by atoms with Crippen LogP contribution in [0.3, 0.4) is 0 Å². The van der Waals surface area contributed by atoms with Crippen molar-refractivity contribution in [3.05, 3.63) is 199 Å². The molecule has 2 N–H and O–H groups in total. The van der Waals surface area contributed by atoms with E-state index >= 15 is 0 Å². The van der Waals surface area contributed by atoms with Gasteiger partial charge >= 0.3 is 0 Å². The van der Waals surface area contributed by atoms with Crippen LogP contribution in [-0.4, -0.2) is 10.4 Å². The summed E-state index contributed by atoms with van der Waals surface area (Å²) in [5, 5.41) is 14.7. The zero-order valence-corrected chi connectivity index (χ0v) is 31.5. The van der Waals surface area contributed by atoms with Crippen LogP contribution in [0.4, 0.5) is 0 Å². The molecule has 2 unspecified atom stereocenters. The molecule has 0 fully saturated rings. The molecule has 4 heterocycles.